The summed E-state index contributed by atoms with van der Waals surface area (Å²) in [5.41, 5.74) is 5.67. The van der Waals surface area contributed by atoms with Crippen molar-refractivity contribution < 1.29 is 9.59 Å². The van der Waals surface area contributed by atoms with E-state index in [2.05, 4.69) is 35.5 Å². The number of carbonyl (C=O) groups is 2. The SMILES string of the molecule is O=C([C@@H]1C=C2c3cccc4[nH]cc(c34)C[C@H]2N(C(=O)Cc2ccccc2)C1)N1CCCC1. The van der Waals surface area contributed by atoms with E-state index < -0.39 is 0 Å². The molecule has 2 amide bonds. The lowest BCUT2D eigenvalue weighted by Crippen LogP contribution is -2.51. The third kappa shape index (κ3) is 3.15. The third-order valence-corrected chi connectivity index (χ3v) is 7.27. The number of likely N-dealkylation sites (tertiary alicyclic amines) is 1. The van der Waals surface area contributed by atoms with Crippen LogP contribution >= 0.6 is 0 Å². The molecule has 1 aliphatic carbocycles. The Labute approximate surface area is 187 Å². The van der Waals surface area contributed by atoms with Gasteiger partial charge < -0.3 is 14.8 Å². The van der Waals surface area contributed by atoms with Crippen molar-refractivity contribution in [2.45, 2.75) is 31.7 Å². The van der Waals surface area contributed by atoms with Crippen molar-refractivity contribution in [3.8, 4) is 0 Å². The van der Waals surface area contributed by atoms with E-state index >= 15 is 0 Å². The van der Waals surface area contributed by atoms with E-state index in [1.54, 1.807) is 0 Å². The summed E-state index contributed by atoms with van der Waals surface area (Å²) in [6.45, 7) is 2.12. The molecular formula is C27H27N3O2. The van der Waals surface area contributed by atoms with Crippen LogP contribution in [0, 0.1) is 5.92 Å². The van der Waals surface area contributed by atoms with Gasteiger partial charge >= 0.3 is 0 Å². The summed E-state index contributed by atoms with van der Waals surface area (Å²) in [5.74, 6) is -0.0231. The van der Waals surface area contributed by atoms with Gasteiger partial charge in [-0.25, -0.2) is 0 Å². The predicted molar refractivity (Wildman–Crippen MR) is 125 cm³/mol. The highest BCUT2D eigenvalue weighted by Crippen LogP contribution is 2.41. The van der Waals surface area contributed by atoms with Gasteiger partial charge in [-0.1, -0.05) is 48.5 Å². The summed E-state index contributed by atoms with van der Waals surface area (Å²) in [7, 11) is 0. The maximum Gasteiger partial charge on any atom is 0.231 e. The second-order valence-corrected chi connectivity index (χ2v) is 9.23. The van der Waals surface area contributed by atoms with E-state index in [1.807, 2.05) is 40.1 Å². The second kappa shape index (κ2) is 7.66. The second-order valence-electron chi connectivity index (χ2n) is 9.23. The lowest BCUT2D eigenvalue weighted by Gasteiger charge is -2.42. The molecule has 0 radical (unpaired) electrons. The van der Waals surface area contributed by atoms with Gasteiger partial charge in [-0.3, -0.25) is 9.59 Å². The van der Waals surface area contributed by atoms with Crippen molar-refractivity contribution in [2.24, 2.45) is 5.92 Å². The third-order valence-electron chi connectivity index (χ3n) is 7.27. The molecule has 0 bridgehead atoms. The lowest BCUT2D eigenvalue weighted by atomic mass is 9.79. The summed E-state index contributed by atoms with van der Waals surface area (Å²) < 4.78 is 0. The average Bonchev–Trinajstić information content (AvgIpc) is 3.50. The fourth-order valence-corrected chi connectivity index (χ4v) is 5.71. The first-order valence-corrected chi connectivity index (χ1v) is 11.6. The molecule has 5 heteroatoms. The fraction of sp³-hybridized carbons (Fsp3) is 0.333. The number of hydrogen-bond acceptors (Lipinski definition) is 2. The van der Waals surface area contributed by atoms with Crippen LogP contribution in [0.15, 0.2) is 60.8 Å². The molecule has 1 N–H and O–H groups in total. The highest BCUT2D eigenvalue weighted by molar-refractivity contribution is 6.00. The number of nitrogens with zero attached hydrogens (tertiary/aromatic N) is 2. The van der Waals surface area contributed by atoms with Crippen LogP contribution in [0.5, 0.6) is 0 Å². The van der Waals surface area contributed by atoms with E-state index in [0.717, 1.165) is 54.6 Å². The molecule has 2 aromatic carbocycles. The molecule has 32 heavy (non-hydrogen) atoms. The Morgan fingerprint density at radius 2 is 1.81 bits per heavy atom. The maximum atomic E-state index is 13.6. The van der Waals surface area contributed by atoms with Crippen LogP contribution in [0.25, 0.3) is 16.5 Å². The van der Waals surface area contributed by atoms with E-state index in [4.69, 9.17) is 0 Å². The Morgan fingerprint density at radius 1 is 1.00 bits per heavy atom. The number of carbonyl (C=O) groups excluding carboxylic acids is 2. The van der Waals surface area contributed by atoms with Crippen molar-refractivity contribution in [2.75, 3.05) is 19.6 Å². The molecule has 5 nitrogen and oxygen atoms in total. The van der Waals surface area contributed by atoms with Gasteiger partial charge in [-0.05, 0) is 47.6 Å². The molecule has 2 atom stereocenters. The van der Waals surface area contributed by atoms with Crippen LogP contribution < -0.4 is 0 Å². The van der Waals surface area contributed by atoms with E-state index in [-0.39, 0.29) is 23.8 Å². The first kappa shape index (κ1) is 19.4. The zero-order valence-electron chi connectivity index (χ0n) is 18.1. The maximum absolute atomic E-state index is 13.6. The van der Waals surface area contributed by atoms with Crippen molar-refractivity contribution in [3.63, 3.8) is 0 Å². The van der Waals surface area contributed by atoms with E-state index in [0.29, 0.717) is 13.0 Å². The Kier molecular flexibility index (Phi) is 4.63. The van der Waals surface area contributed by atoms with Crippen molar-refractivity contribution in [3.05, 3.63) is 77.5 Å². The van der Waals surface area contributed by atoms with Gasteiger partial charge in [-0.15, -0.1) is 0 Å². The zero-order chi connectivity index (χ0) is 21.7. The van der Waals surface area contributed by atoms with Crippen LogP contribution in [0.4, 0.5) is 0 Å². The quantitative estimate of drug-likeness (QED) is 0.694. The number of H-pyrrole nitrogens is 1. The molecule has 3 aliphatic rings. The van der Waals surface area contributed by atoms with E-state index in [9.17, 15) is 9.59 Å². The number of hydrogen-bond donors (Lipinski definition) is 1. The zero-order valence-corrected chi connectivity index (χ0v) is 18.1. The van der Waals surface area contributed by atoms with Crippen LogP contribution in [0.3, 0.4) is 0 Å². The van der Waals surface area contributed by atoms with Crippen molar-refractivity contribution in [1.82, 2.24) is 14.8 Å². The lowest BCUT2D eigenvalue weighted by molar-refractivity contribution is -0.137. The van der Waals surface area contributed by atoms with Gasteiger partial charge in [-0.2, -0.15) is 0 Å². The number of rotatable bonds is 3. The first-order chi connectivity index (χ1) is 15.7. The summed E-state index contributed by atoms with van der Waals surface area (Å²) in [4.78, 5) is 34.3. The van der Waals surface area contributed by atoms with Crippen LogP contribution in [-0.4, -0.2) is 52.3 Å². The van der Waals surface area contributed by atoms with Gasteiger partial charge in [0.15, 0.2) is 0 Å². The minimum absolute atomic E-state index is 0.0252. The van der Waals surface area contributed by atoms with Gasteiger partial charge in [0, 0.05) is 36.7 Å². The summed E-state index contributed by atoms with van der Waals surface area (Å²) >= 11 is 0. The monoisotopic (exact) mass is 425 g/mol. The minimum Gasteiger partial charge on any atom is -0.361 e. The molecule has 2 aliphatic heterocycles. The summed E-state index contributed by atoms with van der Waals surface area (Å²) in [6, 6.07) is 16.2. The molecule has 1 saturated heterocycles. The van der Waals surface area contributed by atoms with Crippen LogP contribution in [-0.2, 0) is 22.4 Å². The van der Waals surface area contributed by atoms with Gasteiger partial charge in [0.05, 0.1) is 18.4 Å². The van der Waals surface area contributed by atoms with Crippen molar-refractivity contribution in [1.29, 1.82) is 0 Å². The standard InChI is InChI=1S/C27H27N3O2/c31-25(13-18-7-2-1-3-8-18)30-17-20(27(32)29-11-4-5-12-29)14-22-21-9-6-10-23-26(21)19(16-28-23)15-24(22)30/h1-3,6-10,14,16,20,24,28H,4-5,11-13,15,17H2/t20-,24-/m1/s1. The molecule has 1 fully saturated rings. The molecular weight excluding hydrogens is 398 g/mol. The fourth-order valence-electron chi connectivity index (χ4n) is 5.71. The molecule has 0 saturated carbocycles. The number of fused-ring (bicyclic) bond motifs is 2. The number of amides is 2. The highest BCUT2D eigenvalue weighted by atomic mass is 16.2. The minimum atomic E-state index is -0.283. The molecule has 1 aromatic heterocycles. The number of aromatic amines is 1. The molecule has 0 spiro atoms. The summed E-state index contributed by atoms with van der Waals surface area (Å²) in [5, 5.41) is 1.24. The normalized spacial score (nSPS) is 22.1. The molecule has 3 heterocycles. The van der Waals surface area contributed by atoms with Gasteiger partial charge in [0.1, 0.15) is 0 Å². The topological polar surface area (TPSA) is 56.4 Å². The number of nitrogens with one attached hydrogen (secondary N) is 1. The van der Waals surface area contributed by atoms with Gasteiger partial charge in [0.2, 0.25) is 11.8 Å². The smallest absolute Gasteiger partial charge is 0.231 e. The molecule has 3 aromatic rings. The number of aromatic nitrogens is 1. The Morgan fingerprint density at radius 3 is 2.62 bits per heavy atom. The molecule has 6 rings (SSSR count). The molecule has 162 valence electrons. The Hall–Kier alpha value is -3.34. The predicted octanol–water partition coefficient (Wildman–Crippen LogP) is 3.80. The summed E-state index contributed by atoms with van der Waals surface area (Å²) in [6.07, 6.45) is 7.53. The van der Waals surface area contributed by atoms with Gasteiger partial charge in [0.25, 0.3) is 0 Å². The van der Waals surface area contributed by atoms with Crippen LogP contribution in [0.2, 0.25) is 0 Å². The van der Waals surface area contributed by atoms with Crippen LogP contribution in [0.1, 0.15) is 29.5 Å². The average molecular weight is 426 g/mol. The molecule has 0 unspecified atom stereocenters. The Balaban J connectivity index is 1.40. The largest absolute Gasteiger partial charge is 0.361 e. The first-order valence-electron chi connectivity index (χ1n) is 11.6. The van der Waals surface area contributed by atoms with Crippen molar-refractivity contribution >= 4 is 28.3 Å². The Bertz CT molecular complexity index is 1220. The van der Waals surface area contributed by atoms with E-state index in [1.165, 1.54) is 10.9 Å². The highest BCUT2D eigenvalue weighted by Gasteiger charge is 2.40. The number of benzene rings is 2.